The summed E-state index contributed by atoms with van der Waals surface area (Å²) in [5.74, 6) is 0.476. The van der Waals surface area contributed by atoms with Crippen molar-refractivity contribution < 1.29 is 12.9 Å². The van der Waals surface area contributed by atoms with Gasteiger partial charge in [0.05, 0.1) is 5.75 Å². The maximum Gasteiger partial charge on any atom is 0.178 e. The van der Waals surface area contributed by atoms with E-state index < -0.39 is 15.1 Å². The Labute approximate surface area is 89.7 Å². The molecule has 0 bridgehead atoms. The van der Waals surface area contributed by atoms with E-state index >= 15 is 0 Å². The van der Waals surface area contributed by atoms with Crippen LogP contribution in [0, 0.1) is 0 Å². The Bertz CT molecular complexity index is 454. The number of nitrogen functional groups attached to an aromatic ring is 1. The molecule has 0 radical (unpaired) electrons. The summed E-state index contributed by atoms with van der Waals surface area (Å²) in [4.78, 5) is 0. The highest BCUT2D eigenvalue weighted by Crippen LogP contribution is 2.39. The van der Waals surface area contributed by atoms with Crippen molar-refractivity contribution in [1.29, 1.82) is 0 Å². The summed E-state index contributed by atoms with van der Waals surface area (Å²) in [7, 11) is -3.08. The van der Waals surface area contributed by atoms with E-state index in [0.29, 0.717) is 23.1 Å². The highest BCUT2D eigenvalue weighted by Gasteiger charge is 2.37. The second kappa shape index (κ2) is 3.23. The monoisotopic (exact) mass is 280 g/mol. The second-order valence-electron chi connectivity index (χ2n) is 3.25. The third-order valence-corrected chi connectivity index (χ3v) is 5.08. The lowest BCUT2D eigenvalue weighted by Crippen LogP contribution is -2.08. The largest absolute Gasteiger partial charge is 0.394 e. The fraction of sp³-hybridized carbons (Fsp3) is 0.571. The zero-order chi connectivity index (χ0) is 10.3. The molecule has 0 saturated carbocycles. The zero-order valence-electron chi connectivity index (χ0n) is 7.23. The molecule has 1 aliphatic rings. The van der Waals surface area contributed by atoms with Crippen LogP contribution in [0.5, 0.6) is 0 Å². The van der Waals surface area contributed by atoms with E-state index in [0.717, 1.165) is 0 Å². The summed E-state index contributed by atoms with van der Waals surface area (Å²) in [6, 6.07) is 0. The average Bonchev–Trinajstić information content (AvgIpc) is 2.59. The third kappa shape index (κ3) is 1.44. The first-order chi connectivity index (χ1) is 6.52. The van der Waals surface area contributed by atoms with Crippen molar-refractivity contribution in [1.82, 2.24) is 5.16 Å². The van der Waals surface area contributed by atoms with Gasteiger partial charge in [-0.2, -0.15) is 0 Å². The van der Waals surface area contributed by atoms with Crippen LogP contribution >= 0.6 is 15.9 Å². The minimum Gasteiger partial charge on any atom is -0.394 e. The van der Waals surface area contributed by atoms with Crippen LogP contribution in [0.15, 0.2) is 9.13 Å². The molecule has 1 aromatic rings. The van der Waals surface area contributed by atoms with Gasteiger partial charge in [0.2, 0.25) is 0 Å². The smallest absolute Gasteiger partial charge is 0.178 e. The van der Waals surface area contributed by atoms with Gasteiger partial charge in [0.25, 0.3) is 0 Å². The molecule has 2 heterocycles. The van der Waals surface area contributed by atoms with E-state index in [9.17, 15) is 8.42 Å². The molecule has 1 unspecified atom stereocenters. The number of aromatic nitrogens is 1. The fourth-order valence-electron chi connectivity index (χ4n) is 1.61. The molecule has 0 aromatic carbocycles. The van der Waals surface area contributed by atoms with Crippen molar-refractivity contribution in [2.75, 3.05) is 11.5 Å². The van der Waals surface area contributed by atoms with E-state index in [4.69, 9.17) is 10.3 Å². The van der Waals surface area contributed by atoms with Gasteiger partial charge in [-0.05, 0) is 28.8 Å². The molecule has 5 nitrogen and oxygen atoms in total. The number of anilines is 1. The molecule has 0 spiro atoms. The van der Waals surface area contributed by atoms with Gasteiger partial charge in [-0.15, -0.1) is 0 Å². The number of rotatable bonds is 1. The van der Waals surface area contributed by atoms with Crippen molar-refractivity contribution in [3.8, 4) is 0 Å². The Balaban J connectivity index is 2.46. The third-order valence-electron chi connectivity index (χ3n) is 2.33. The van der Waals surface area contributed by atoms with Crippen molar-refractivity contribution in [2.24, 2.45) is 0 Å². The van der Waals surface area contributed by atoms with Crippen LogP contribution in [0.2, 0.25) is 0 Å². The number of hydrogen-bond acceptors (Lipinski definition) is 5. The SMILES string of the molecule is Nc1c(Br)noc1C1CCCS1(=O)=O. The molecule has 1 fully saturated rings. The van der Waals surface area contributed by atoms with Crippen LogP contribution in [-0.2, 0) is 9.84 Å². The molecule has 2 N–H and O–H groups in total. The van der Waals surface area contributed by atoms with Crippen molar-refractivity contribution >= 4 is 31.5 Å². The Hall–Kier alpha value is -0.560. The van der Waals surface area contributed by atoms with Crippen LogP contribution in [0.1, 0.15) is 23.9 Å². The highest BCUT2D eigenvalue weighted by molar-refractivity contribution is 9.10. The number of hydrogen-bond donors (Lipinski definition) is 1. The highest BCUT2D eigenvalue weighted by atomic mass is 79.9. The quantitative estimate of drug-likeness (QED) is 0.837. The molecule has 1 aliphatic heterocycles. The molecule has 0 aliphatic carbocycles. The van der Waals surface area contributed by atoms with E-state index in [1.807, 2.05) is 0 Å². The maximum atomic E-state index is 11.6. The van der Waals surface area contributed by atoms with Gasteiger partial charge in [-0.3, -0.25) is 0 Å². The minimum atomic E-state index is -3.08. The molecule has 14 heavy (non-hydrogen) atoms. The van der Waals surface area contributed by atoms with Crippen LogP contribution in [0.25, 0.3) is 0 Å². The lowest BCUT2D eigenvalue weighted by atomic mass is 10.2. The minimum absolute atomic E-state index is 0.204. The van der Waals surface area contributed by atoms with E-state index in [-0.39, 0.29) is 11.5 Å². The lowest BCUT2D eigenvalue weighted by molar-refractivity contribution is 0.374. The van der Waals surface area contributed by atoms with E-state index in [1.54, 1.807) is 0 Å². The van der Waals surface area contributed by atoms with Crippen LogP contribution in [0.3, 0.4) is 0 Å². The number of nitrogens with two attached hydrogens (primary N) is 1. The first kappa shape index (κ1) is 9.97. The molecule has 78 valence electrons. The second-order valence-corrected chi connectivity index (χ2v) is 6.30. The van der Waals surface area contributed by atoms with Crippen molar-refractivity contribution in [3.05, 3.63) is 10.4 Å². The number of sulfone groups is 1. The topological polar surface area (TPSA) is 86.2 Å². The Morgan fingerprint density at radius 1 is 1.57 bits per heavy atom. The number of nitrogens with zero attached hydrogens (tertiary/aromatic N) is 1. The molecule has 1 aromatic heterocycles. The van der Waals surface area contributed by atoms with Gasteiger partial charge in [-0.1, -0.05) is 5.16 Å². The standard InChI is InChI=1S/C7H9BrN2O3S/c8-7-5(9)6(13-10-7)4-2-1-3-14(4,11)12/h4H,1-3,9H2. The molecular formula is C7H9BrN2O3S. The summed E-state index contributed by atoms with van der Waals surface area (Å²) < 4.78 is 28.4. The summed E-state index contributed by atoms with van der Waals surface area (Å²) >= 11 is 3.08. The van der Waals surface area contributed by atoms with Crippen LogP contribution in [0.4, 0.5) is 5.69 Å². The molecule has 7 heteroatoms. The average molecular weight is 281 g/mol. The van der Waals surface area contributed by atoms with Gasteiger partial charge in [0.1, 0.15) is 10.9 Å². The molecule has 0 amide bonds. The van der Waals surface area contributed by atoms with E-state index in [2.05, 4.69) is 21.1 Å². The van der Waals surface area contributed by atoms with Gasteiger partial charge in [0, 0.05) is 0 Å². The van der Waals surface area contributed by atoms with Crippen LogP contribution in [-0.4, -0.2) is 19.3 Å². The lowest BCUT2D eigenvalue weighted by Gasteiger charge is -2.04. The van der Waals surface area contributed by atoms with E-state index in [1.165, 1.54) is 0 Å². The first-order valence-electron chi connectivity index (χ1n) is 4.14. The van der Waals surface area contributed by atoms with Gasteiger partial charge in [0.15, 0.2) is 20.2 Å². The maximum absolute atomic E-state index is 11.6. The first-order valence-corrected chi connectivity index (χ1v) is 6.65. The molecule has 1 atom stereocenters. The normalized spacial score (nSPS) is 25.4. The Morgan fingerprint density at radius 3 is 2.71 bits per heavy atom. The summed E-state index contributed by atoms with van der Waals surface area (Å²) in [5.41, 5.74) is 5.93. The summed E-state index contributed by atoms with van der Waals surface area (Å²) in [5, 5.41) is 2.97. The molecular weight excluding hydrogens is 272 g/mol. The predicted molar refractivity (Wildman–Crippen MR) is 54.4 cm³/mol. The van der Waals surface area contributed by atoms with Gasteiger partial charge in [-0.25, -0.2) is 8.42 Å². The van der Waals surface area contributed by atoms with Crippen molar-refractivity contribution in [2.45, 2.75) is 18.1 Å². The van der Waals surface area contributed by atoms with Gasteiger partial charge < -0.3 is 10.3 Å². The number of halogens is 1. The zero-order valence-corrected chi connectivity index (χ0v) is 9.64. The predicted octanol–water partition coefficient (Wildman–Crippen LogP) is 1.27. The van der Waals surface area contributed by atoms with Crippen LogP contribution < -0.4 is 5.73 Å². The molecule has 2 rings (SSSR count). The fourth-order valence-corrected chi connectivity index (χ4v) is 3.75. The van der Waals surface area contributed by atoms with Crippen molar-refractivity contribution in [3.63, 3.8) is 0 Å². The van der Waals surface area contributed by atoms with Gasteiger partial charge >= 0.3 is 0 Å². The molecule has 1 saturated heterocycles. The Kier molecular flexibility index (Phi) is 2.30. The summed E-state index contributed by atoms with van der Waals surface area (Å²) in [6.45, 7) is 0. The Morgan fingerprint density at radius 2 is 2.29 bits per heavy atom. The summed E-state index contributed by atoms with van der Waals surface area (Å²) in [6.07, 6.45) is 1.22.